The van der Waals surface area contributed by atoms with Crippen molar-refractivity contribution in [3.63, 3.8) is 0 Å². The van der Waals surface area contributed by atoms with Crippen molar-refractivity contribution in [1.82, 2.24) is 10.2 Å². The molecule has 25 heavy (non-hydrogen) atoms. The predicted molar refractivity (Wildman–Crippen MR) is 93.9 cm³/mol. The molecule has 1 aliphatic rings. The van der Waals surface area contributed by atoms with Gasteiger partial charge in [0.15, 0.2) is 5.76 Å². The molecule has 0 aliphatic carbocycles. The Balaban J connectivity index is 1.46. The van der Waals surface area contributed by atoms with E-state index in [9.17, 15) is 9.59 Å². The van der Waals surface area contributed by atoms with Gasteiger partial charge in [-0.3, -0.25) is 9.59 Å². The molecule has 1 aromatic heterocycles. The minimum atomic E-state index is -0.283. The molecule has 0 radical (unpaired) electrons. The van der Waals surface area contributed by atoms with Crippen molar-refractivity contribution in [1.29, 1.82) is 0 Å². The number of rotatable bonds is 4. The van der Waals surface area contributed by atoms with E-state index in [-0.39, 0.29) is 23.6 Å². The van der Waals surface area contributed by atoms with Gasteiger partial charge in [-0.05, 0) is 28.5 Å². The Morgan fingerprint density at radius 2 is 1.96 bits per heavy atom. The van der Waals surface area contributed by atoms with Gasteiger partial charge in [0.05, 0.1) is 12.3 Å². The second-order valence-corrected chi connectivity index (χ2v) is 6.26. The molecule has 2 aromatic carbocycles. The third kappa shape index (κ3) is 3.13. The van der Waals surface area contributed by atoms with E-state index >= 15 is 0 Å². The van der Waals surface area contributed by atoms with Crippen molar-refractivity contribution in [2.75, 3.05) is 6.54 Å². The Kier molecular flexibility index (Phi) is 3.98. The topological polar surface area (TPSA) is 62.6 Å². The Hall–Kier alpha value is -3.08. The molecule has 0 bridgehead atoms. The number of carbonyl (C=O) groups excluding carboxylic acids is 2. The molecule has 0 unspecified atom stereocenters. The SMILES string of the molecule is O=C(N[C@@H]1CC(=O)N(Cc2cccc3ccccc23)C1)c1ccco1. The van der Waals surface area contributed by atoms with Crippen LogP contribution in [-0.2, 0) is 11.3 Å². The van der Waals surface area contributed by atoms with Gasteiger partial charge in [0.2, 0.25) is 5.91 Å². The number of likely N-dealkylation sites (tertiary alicyclic amines) is 1. The fourth-order valence-electron chi connectivity index (χ4n) is 3.32. The number of furan rings is 1. The molecule has 1 fully saturated rings. The molecule has 2 heterocycles. The molecule has 1 saturated heterocycles. The summed E-state index contributed by atoms with van der Waals surface area (Å²) in [5, 5.41) is 5.18. The quantitative estimate of drug-likeness (QED) is 0.798. The van der Waals surface area contributed by atoms with E-state index in [1.807, 2.05) is 24.3 Å². The number of amides is 2. The van der Waals surface area contributed by atoms with Crippen molar-refractivity contribution >= 4 is 22.6 Å². The lowest BCUT2D eigenvalue weighted by molar-refractivity contribution is -0.128. The molecule has 4 rings (SSSR count). The van der Waals surface area contributed by atoms with E-state index in [1.165, 1.54) is 6.26 Å². The Morgan fingerprint density at radius 1 is 1.12 bits per heavy atom. The maximum Gasteiger partial charge on any atom is 0.287 e. The average Bonchev–Trinajstić information content (AvgIpc) is 3.26. The highest BCUT2D eigenvalue weighted by molar-refractivity contribution is 5.92. The Bertz CT molecular complexity index is 912. The molecule has 3 aromatic rings. The number of hydrogen-bond acceptors (Lipinski definition) is 3. The van der Waals surface area contributed by atoms with Crippen LogP contribution in [0, 0.1) is 0 Å². The Morgan fingerprint density at radius 3 is 2.80 bits per heavy atom. The number of fused-ring (bicyclic) bond motifs is 1. The number of carbonyl (C=O) groups is 2. The van der Waals surface area contributed by atoms with Gasteiger partial charge in [-0.25, -0.2) is 0 Å². The van der Waals surface area contributed by atoms with Gasteiger partial charge in [0.25, 0.3) is 5.91 Å². The third-order valence-corrected chi connectivity index (χ3v) is 4.54. The van der Waals surface area contributed by atoms with Crippen molar-refractivity contribution in [2.24, 2.45) is 0 Å². The molecule has 1 N–H and O–H groups in total. The van der Waals surface area contributed by atoms with Crippen molar-refractivity contribution < 1.29 is 14.0 Å². The molecule has 0 saturated carbocycles. The van der Waals surface area contributed by atoms with Crippen molar-refractivity contribution in [3.05, 3.63) is 72.2 Å². The summed E-state index contributed by atoms with van der Waals surface area (Å²) in [7, 11) is 0. The van der Waals surface area contributed by atoms with E-state index in [0.29, 0.717) is 19.5 Å². The summed E-state index contributed by atoms with van der Waals surface area (Å²) >= 11 is 0. The highest BCUT2D eigenvalue weighted by Crippen LogP contribution is 2.22. The van der Waals surface area contributed by atoms with Crippen molar-refractivity contribution in [3.8, 4) is 0 Å². The second-order valence-electron chi connectivity index (χ2n) is 6.26. The molecular formula is C20H18N2O3. The summed E-state index contributed by atoms with van der Waals surface area (Å²) in [5.74, 6) is 0.0347. The van der Waals surface area contributed by atoms with Crippen LogP contribution in [0.15, 0.2) is 65.3 Å². The molecule has 1 atom stereocenters. The van der Waals surface area contributed by atoms with Gasteiger partial charge in [-0.2, -0.15) is 0 Å². The van der Waals surface area contributed by atoms with E-state index in [2.05, 4.69) is 23.5 Å². The smallest absolute Gasteiger partial charge is 0.287 e. The molecule has 5 heteroatoms. The van der Waals surface area contributed by atoms with Gasteiger partial charge in [0, 0.05) is 19.5 Å². The van der Waals surface area contributed by atoms with Gasteiger partial charge >= 0.3 is 0 Å². The molecule has 5 nitrogen and oxygen atoms in total. The lowest BCUT2D eigenvalue weighted by Crippen LogP contribution is -2.36. The van der Waals surface area contributed by atoms with Gasteiger partial charge in [-0.1, -0.05) is 42.5 Å². The zero-order chi connectivity index (χ0) is 17.2. The molecule has 126 valence electrons. The highest BCUT2D eigenvalue weighted by Gasteiger charge is 2.31. The van der Waals surface area contributed by atoms with Crippen molar-refractivity contribution in [2.45, 2.75) is 19.0 Å². The van der Waals surface area contributed by atoms with Crippen LogP contribution in [0.3, 0.4) is 0 Å². The summed E-state index contributed by atoms with van der Waals surface area (Å²) < 4.78 is 5.09. The number of hydrogen-bond donors (Lipinski definition) is 1. The summed E-state index contributed by atoms with van der Waals surface area (Å²) in [6, 6.07) is 17.4. The largest absolute Gasteiger partial charge is 0.459 e. The lowest BCUT2D eigenvalue weighted by atomic mass is 10.0. The predicted octanol–water partition coefficient (Wildman–Crippen LogP) is 2.96. The van der Waals surface area contributed by atoms with E-state index in [4.69, 9.17) is 4.42 Å². The van der Waals surface area contributed by atoms with Gasteiger partial charge in [0.1, 0.15) is 0 Å². The Labute approximate surface area is 145 Å². The summed E-state index contributed by atoms with van der Waals surface area (Å²) in [5.41, 5.74) is 1.12. The van der Waals surface area contributed by atoms with E-state index < -0.39 is 0 Å². The first kappa shape index (κ1) is 15.4. The molecule has 0 spiro atoms. The monoisotopic (exact) mass is 334 g/mol. The summed E-state index contributed by atoms with van der Waals surface area (Å²) in [6.45, 7) is 1.06. The zero-order valence-electron chi connectivity index (χ0n) is 13.6. The van der Waals surface area contributed by atoms with Gasteiger partial charge < -0.3 is 14.6 Å². The summed E-state index contributed by atoms with van der Waals surface area (Å²) in [4.78, 5) is 26.2. The van der Waals surface area contributed by atoms with Gasteiger partial charge in [-0.15, -0.1) is 0 Å². The second kappa shape index (κ2) is 6.43. The fourth-order valence-corrected chi connectivity index (χ4v) is 3.32. The normalized spacial score (nSPS) is 17.2. The zero-order valence-corrected chi connectivity index (χ0v) is 13.6. The van der Waals surface area contributed by atoms with Crippen LogP contribution in [0.4, 0.5) is 0 Å². The van der Waals surface area contributed by atoms with Crippen LogP contribution in [0.5, 0.6) is 0 Å². The summed E-state index contributed by atoms with van der Waals surface area (Å²) in [6.07, 6.45) is 1.78. The minimum Gasteiger partial charge on any atom is -0.459 e. The van der Waals surface area contributed by atoms with Crippen LogP contribution < -0.4 is 5.32 Å². The third-order valence-electron chi connectivity index (χ3n) is 4.54. The van der Waals surface area contributed by atoms with Crippen LogP contribution in [-0.4, -0.2) is 29.3 Å². The fraction of sp³-hybridized carbons (Fsp3) is 0.200. The van der Waals surface area contributed by atoms with Crippen LogP contribution >= 0.6 is 0 Å². The molecule has 2 amide bonds. The minimum absolute atomic E-state index is 0.0534. The standard InChI is InChI=1S/C20H18N2O3/c23-19-11-16(21-20(24)18-9-4-10-25-18)13-22(19)12-15-7-3-6-14-5-1-2-8-17(14)15/h1-10,16H,11-13H2,(H,21,24)/t16-/m1/s1. The number of nitrogens with zero attached hydrogens (tertiary/aromatic N) is 1. The molecular weight excluding hydrogens is 316 g/mol. The highest BCUT2D eigenvalue weighted by atomic mass is 16.3. The number of benzene rings is 2. The maximum atomic E-state index is 12.3. The molecule has 1 aliphatic heterocycles. The first-order valence-electron chi connectivity index (χ1n) is 8.29. The maximum absolute atomic E-state index is 12.3. The average molecular weight is 334 g/mol. The first-order valence-corrected chi connectivity index (χ1v) is 8.29. The number of nitrogens with one attached hydrogen (secondary N) is 1. The van der Waals surface area contributed by atoms with E-state index in [1.54, 1.807) is 17.0 Å². The lowest BCUT2D eigenvalue weighted by Gasteiger charge is -2.18. The van der Waals surface area contributed by atoms with E-state index in [0.717, 1.165) is 16.3 Å². The van der Waals surface area contributed by atoms with Crippen LogP contribution in [0.2, 0.25) is 0 Å². The first-order chi connectivity index (χ1) is 12.2. The van der Waals surface area contributed by atoms with Crippen LogP contribution in [0.25, 0.3) is 10.8 Å². The van der Waals surface area contributed by atoms with Crippen LogP contribution in [0.1, 0.15) is 22.5 Å².